The van der Waals surface area contributed by atoms with E-state index in [9.17, 15) is 9.18 Å². The molecule has 4 rings (SSSR count). The summed E-state index contributed by atoms with van der Waals surface area (Å²) in [5.41, 5.74) is 5.13. The first-order valence-corrected chi connectivity index (χ1v) is 10.7. The number of aryl methyl sites for hydroxylation is 3. The Hall–Kier alpha value is -3.87. The van der Waals surface area contributed by atoms with Crippen molar-refractivity contribution in [1.29, 1.82) is 0 Å². The average molecular weight is 448 g/mol. The number of hydrogen-bond donors (Lipinski definition) is 1. The maximum atomic E-state index is 13.2. The molecule has 7 heteroatoms. The molecule has 0 aliphatic rings. The van der Waals surface area contributed by atoms with Crippen molar-refractivity contribution in [3.8, 4) is 5.75 Å². The molecular formula is C26H26FN3O3. The van der Waals surface area contributed by atoms with Gasteiger partial charge in [0.15, 0.2) is 5.76 Å². The molecule has 2 heterocycles. The Morgan fingerprint density at radius 3 is 2.42 bits per heavy atom. The summed E-state index contributed by atoms with van der Waals surface area (Å²) >= 11 is 0. The Morgan fingerprint density at radius 2 is 1.73 bits per heavy atom. The highest BCUT2D eigenvalue weighted by atomic mass is 19.1. The number of nitrogens with one attached hydrogen (secondary N) is 1. The van der Waals surface area contributed by atoms with Crippen LogP contribution in [0.15, 0.2) is 59.0 Å². The summed E-state index contributed by atoms with van der Waals surface area (Å²) in [5, 5.41) is 7.42. The average Bonchev–Trinajstić information content (AvgIpc) is 3.35. The maximum absolute atomic E-state index is 13.2. The van der Waals surface area contributed by atoms with Crippen molar-refractivity contribution in [2.75, 3.05) is 5.32 Å². The standard InChI is InChI=1S/C26H26FN3O3/c1-16-6-5-7-17(2)25(16)32-15-22-12-13-23(33-22)26(31)28-24-18(3)29-30(19(24)4)14-20-8-10-21(27)11-9-20/h5-13H,14-15H2,1-4H3,(H,28,31). The normalized spacial score (nSPS) is 10.9. The monoisotopic (exact) mass is 447 g/mol. The lowest BCUT2D eigenvalue weighted by atomic mass is 10.1. The van der Waals surface area contributed by atoms with Crippen LogP contribution in [0, 0.1) is 33.5 Å². The third kappa shape index (κ3) is 4.98. The minimum atomic E-state index is -0.360. The number of halogens is 1. The number of furan rings is 1. The predicted molar refractivity (Wildman–Crippen MR) is 124 cm³/mol. The van der Waals surface area contributed by atoms with Gasteiger partial charge in [-0.05, 0) is 68.7 Å². The molecular weight excluding hydrogens is 421 g/mol. The number of amides is 1. The molecule has 0 fully saturated rings. The fraction of sp³-hybridized carbons (Fsp3) is 0.231. The predicted octanol–water partition coefficient (Wildman–Crippen LogP) is 5.73. The number of ether oxygens (including phenoxy) is 1. The number of hydrogen-bond acceptors (Lipinski definition) is 4. The van der Waals surface area contributed by atoms with Crippen LogP contribution in [0.5, 0.6) is 5.75 Å². The summed E-state index contributed by atoms with van der Waals surface area (Å²) in [5.74, 6) is 0.932. The first-order valence-electron chi connectivity index (χ1n) is 10.7. The minimum absolute atomic E-state index is 0.195. The molecule has 4 aromatic rings. The van der Waals surface area contributed by atoms with Crippen molar-refractivity contribution in [2.45, 2.75) is 40.8 Å². The van der Waals surface area contributed by atoms with Gasteiger partial charge in [-0.2, -0.15) is 5.10 Å². The third-order valence-corrected chi connectivity index (χ3v) is 5.52. The van der Waals surface area contributed by atoms with Crippen LogP contribution in [0.4, 0.5) is 10.1 Å². The zero-order valence-corrected chi connectivity index (χ0v) is 19.1. The number of benzene rings is 2. The van der Waals surface area contributed by atoms with Crippen LogP contribution in [0.1, 0.15) is 44.4 Å². The van der Waals surface area contributed by atoms with Gasteiger partial charge < -0.3 is 14.5 Å². The van der Waals surface area contributed by atoms with Crippen LogP contribution in [0.3, 0.4) is 0 Å². The number of rotatable bonds is 7. The highest BCUT2D eigenvalue weighted by Crippen LogP contribution is 2.25. The number of nitrogens with zero attached hydrogens (tertiary/aromatic N) is 2. The van der Waals surface area contributed by atoms with Gasteiger partial charge in [-0.1, -0.05) is 30.3 Å². The molecule has 0 spiro atoms. The van der Waals surface area contributed by atoms with Crippen LogP contribution in [0.2, 0.25) is 0 Å². The Morgan fingerprint density at radius 1 is 1.03 bits per heavy atom. The van der Waals surface area contributed by atoms with Crippen LogP contribution < -0.4 is 10.1 Å². The van der Waals surface area contributed by atoms with E-state index in [0.717, 1.165) is 28.1 Å². The van der Waals surface area contributed by atoms with Crippen molar-refractivity contribution in [3.05, 3.63) is 100 Å². The second-order valence-electron chi connectivity index (χ2n) is 8.06. The Bertz CT molecular complexity index is 1270. The fourth-order valence-electron chi connectivity index (χ4n) is 3.72. The van der Waals surface area contributed by atoms with Crippen molar-refractivity contribution in [1.82, 2.24) is 9.78 Å². The van der Waals surface area contributed by atoms with E-state index in [0.29, 0.717) is 23.7 Å². The van der Waals surface area contributed by atoms with Crippen LogP contribution in [0.25, 0.3) is 0 Å². The summed E-state index contributed by atoms with van der Waals surface area (Å²) < 4.78 is 26.6. The molecule has 1 N–H and O–H groups in total. The summed E-state index contributed by atoms with van der Waals surface area (Å²) in [6, 6.07) is 15.6. The number of carbonyl (C=O) groups excluding carboxylic acids is 1. The number of carbonyl (C=O) groups is 1. The number of anilines is 1. The largest absolute Gasteiger partial charge is 0.485 e. The molecule has 0 atom stereocenters. The van der Waals surface area contributed by atoms with Gasteiger partial charge in [-0.15, -0.1) is 0 Å². The maximum Gasteiger partial charge on any atom is 0.291 e. The molecule has 0 bridgehead atoms. The molecule has 2 aromatic heterocycles. The summed E-state index contributed by atoms with van der Waals surface area (Å²) in [6.07, 6.45) is 0. The van der Waals surface area contributed by atoms with Gasteiger partial charge in [-0.25, -0.2) is 4.39 Å². The lowest BCUT2D eigenvalue weighted by Gasteiger charge is -2.10. The second kappa shape index (κ2) is 9.32. The van der Waals surface area contributed by atoms with Crippen LogP contribution in [-0.4, -0.2) is 15.7 Å². The van der Waals surface area contributed by atoms with Crippen molar-refractivity contribution in [3.63, 3.8) is 0 Å². The lowest BCUT2D eigenvalue weighted by Crippen LogP contribution is -2.12. The van der Waals surface area contributed by atoms with E-state index in [1.54, 1.807) is 28.9 Å². The molecule has 33 heavy (non-hydrogen) atoms. The van der Waals surface area contributed by atoms with Gasteiger partial charge in [0.25, 0.3) is 5.91 Å². The molecule has 170 valence electrons. The molecule has 6 nitrogen and oxygen atoms in total. The molecule has 0 saturated heterocycles. The smallest absolute Gasteiger partial charge is 0.291 e. The van der Waals surface area contributed by atoms with E-state index in [1.165, 1.54) is 12.1 Å². The Balaban J connectivity index is 1.43. The van der Waals surface area contributed by atoms with Gasteiger partial charge in [-0.3, -0.25) is 9.48 Å². The molecule has 0 aliphatic carbocycles. The van der Waals surface area contributed by atoms with E-state index in [-0.39, 0.29) is 24.1 Å². The van der Waals surface area contributed by atoms with Crippen LogP contribution in [-0.2, 0) is 13.2 Å². The zero-order chi connectivity index (χ0) is 23.5. The third-order valence-electron chi connectivity index (χ3n) is 5.52. The molecule has 0 radical (unpaired) electrons. The summed E-state index contributed by atoms with van der Waals surface area (Å²) in [6.45, 7) is 8.39. The van der Waals surface area contributed by atoms with E-state index in [1.807, 2.05) is 45.9 Å². The SMILES string of the molecule is Cc1cccc(C)c1OCc1ccc(C(=O)Nc2c(C)nn(Cc3ccc(F)cc3)c2C)o1. The molecule has 0 saturated carbocycles. The Kier molecular flexibility index (Phi) is 6.31. The van der Waals surface area contributed by atoms with Gasteiger partial charge in [0.2, 0.25) is 0 Å². The van der Waals surface area contributed by atoms with Crippen molar-refractivity contribution in [2.24, 2.45) is 0 Å². The molecule has 0 unspecified atom stereocenters. The number of aromatic nitrogens is 2. The first-order chi connectivity index (χ1) is 15.8. The highest BCUT2D eigenvalue weighted by Gasteiger charge is 2.18. The first kappa shape index (κ1) is 22.3. The van der Waals surface area contributed by atoms with Crippen LogP contribution >= 0.6 is 0 Å². The lowest BCUT2D eigenvalue weighted by molar-refractivity contribution is 0.0992. The summed E-state index contributed by atoms with van der Waals surface area (Å²) in [4.78, 5) is 12.8. The van der Waals surface area contributed by atoms with E-state index in [2.05, 4.69) is 10.4 Å². The summed E-state index contributed by atoms with van der Waals surface area (Å²) in [7, 11) is 0. The fourth-order valence-corrected chi connectivity index (χ4v) is 3.72. The Labute approximate surface area is 192 Å². The molecule has 0 aliphatic heterocycles. The van der Waals surface area contributed by atoms with Crippen molar-refractivity contribution < 1.29 is 18.3 Å². The highest BCUT2D eigenvalue weighted by molar-refractivity contribution is 6.02. The van der Waals surface area contributed by atoms with Gasteiger partial charge in [0.05, 0.1) is 23.6 Å². The second-order valence-corrected chi connectivity index (χ2v) is 8.06. The van der Waals surface area contributed by atoms with E-state index < -0.39 is 0 Å². The minimum Gasteiger partial charge on any atom is -0.485 e. The van der Waals surface area contributed by atoms with Gasteiger partial charge >= 0.3 is 0 Å². The molecule has 2 aromatic carbocycles. The van der Waals surface area contributed by atoms with Gasteiger partial charge in [0.1, 0.15) is 23.9 Å². The molecule has 1 amide bonds. The number of para-hydroxylation sites is 1. The zero-order valence-electron chi connectivity index (χ0n) is 19.1. The van der Waals surface area contributed by atoms with E-state index in [4.69, 9.17) is 9.15 Å². The topological polar surface area (TPSA) is 69.3 Å². The van der Waals surface area contributed by atoms with Gasteiger partial charge in [0, 0.05) is 0 Å². The van der Waals surface area contributed by atoms with E-state index >= 15 is 0 Å². The quantitative estimate of drug-likeness (QED) is 0.393. The van der Waals surface area contributed by atoms with Crippen molar-refractivity contribution >= 4 is 11.6 Å².